The quantitative estimate of drug-likeness (QED) is 0.869. The number of likely N-dealkylation sites (tertiary alicyclic amines) is 1. The second-order valence-electron chi connectivity index (χ2n) is 7.54. The zero-order chi connectivity index (χ0) is 19.7. The lowest BCUT2D eigenvalue weighted by Crippen LogP contribution is -2.66. The van der Waals surface area contributed by atoms with Gasteiger partial charge in [0.05, 0.1) is 25.8 Å². The molecule has 1 N–H and O–H groups in total. The lowest BCUT2D eigenvalue weighted by molar-refractivity contribution is -0.154. The van der Waals surface area contributed by atoms with Crippen LogP contribution < -0.4 is 4.74 Å². The number of aliphatic hydroxyl groups excluding tert-OH is 1. The molecule has 2 aliphatic rings. The maximum absolute atomic E-state index is 12.8. The number of hydrogen-bond acceptors (Lipinski definition) is 4. The minimum atomic E-state index is -0.537. The van der Waals surface area contributed by atoms with Gasteiger partial charge in [-0.15, -0.1) is 0 Å². The van der Waals surface area contributed by atoms with E-state index in [2.05, 4.69) is 6.07 Å². The maximum Gasteiger partial charge on any atom is 0.227 e. The van der Waals surface area contributed by atoms with Crippen molar-refractivity contribution in [1.82, 2.24) is 4.90 Å². The number of aliphatic hydroxyl groups is 1. The molecule has 1 saturated carbocycles. The molecule has 0 spiro atoms. The summed E-state index contributed by atoms with van der Waals surface area (Å²) < 4.78 is 5.24. The Hall–Kier alpha value is -2.84. The summed E-state index contributed by atoms with van der Waals surface area (Å²) in [6.07, 6.45) is 2.84. The van der Waals surface area contributed by atoms with Crippen molar-refractivity contribution in [2.75, 3.05) is 13.7 Å². The molecule has 2 aromatic carbocycles. The molecule has 1 aliphatic carbocycles. The third kappa shape index (κ3) is 2.94. The van der Waals surface area contributed by atoms with Crippen LogP contribution in [0.1, 0.15) is 30.7 Å². The van der Waals surface area contributed by atoms with Crippen LogP contribution in [0.3, 0.4) is 0 Å². The average Bonchev–Trinajstić information content (AvgIpc) is 2.67. The first-order valence-electron chi connectivity index (χ1n) is 9.75. The van der Waals surface area contributed by atoms with Gasteiger partial charge in [0.15, 0.2) is 0 Å². The lowest BCUT2D eigenvalue weighted by Gasteiger charge is -2.53. The van der Waals surface area contributed by atoms with E-state index in [1.54, 1.807) is 12.0 Å². The lowest BCUT2D eigenvalue weighted by atomic mass is 9.71. The van der Waals surface area contributed by atoms with Gasteiger partial charge in [0.2, 0.25) is 5.91 Å². The Morgan fingerprint density at radius 3 is 2.50 bits per heavy atom. The van der Waals surface area contributed by atoms with E-state index in [9.17, 15) is 15.2 Å². The summed E-state index contributed by atoms with van der Waals surface area (Å²) in [4.78, 5) is 14.4. The third-order valence-corrected chi connectivity index (χ3v) is 6.16. The third-order valence-electron chi connectivity index (χ3n) is 6.16. The van der Waals surface area contributed by atoms with Gasteiger partial charge in [0.25, 0.3) is 0 Å². The fourth-order valence-corrected chi connectivity index (χ4v) is 4.37. The molecule has 0 bridgehead atoms. The van der Waals surface area contributed by atoms with E-state index in [0.717, 1.165) is 41.7 Å². The largest absolute Gasteiger partial charge is 0.497 e. The van der Waals surface area contributed by atoms with Crippen LogP contribution in [0.25, 0.3) is 11.1 Å². The number of methoxy groups -OCH3 is 1. The van der Waals surface area contributed by atoms with Crippen molar-refractivity contribution in [3.63, 3.8) is 0 Å². The number of benzene rings is 2. The van der Waals surface area contributed by atoms with Gasteiger partial charge in [-0.2, -0.15) is 5.26 Å². The number of rotatable bonds is 5. The molecular formula is C23H24N2O3. The fourth-order valence-electron chi connectivity index (χ4n) is 4.37. The van der Waals surface area contributed by atoms with E-state index in [0.29, 0.717) is 0 Å². The van der Waals surface area contributed by atoms with E-state index < -0.39 is 6.04 Å². The molecule has 1 saturated heterocycles. The van der Waals surface area contributed by atoms with E-state index >= 15 is 0 Å². The highest BCUT2D eigenvalue weighted by atomic mass is 16.5. The van der Waals surface area contributed by atoms with Gasteiger partial charge in [0, 0.05) is 11.8 Å². The molecule has 1 heterocycles. The molecule has 0 radical (unpaired) electrons. The molecule has 1 aliphatic heterocycles. The predicted octanol–water partition coefficient (Wildman–Crippen LogP) is 3.34. The zero-order valence-corrected chi connectivity index (χ0v) is 15.9. The summed E-state index contributed by atoms with van der Waals surface area (Å²) in [6, 6.07) is 17.2. The molecule has 4 rings (SSSR count). The first-order valence-corrected chi connectivity index (χ1v) is 9.75. The minimum Gasteiger partial charge on any atom is -0.497 e. The van der Waals surface area contributed by atoms with Crippen LogP contribution in [0.5, 0.6) is 5.75 Å². The number of nitrogens with zero attached hydrogens (tertiary/aromatic N) is 2. The molecule has 0 unspecified atom stereocenters. The van der Waals surface area contributed by atoms with E-state index in [1.165, 1.54) is 0 Å². The van der Waals surface area contributed by atoms with Gasteiger partial charge < -0.3 is 14.7 Å². The predicted molar refractivity (Wildman–Crippen MR) is 106 cm³/mol. The van der Waals surface area contributed by atoms with E-state index in [-0.39, 0.29) is 30.4 Å². The number of ether oxygens (including phenoxy) is 1. The molecule has 2 fully saturated rings. The van der Waals surface area contributed by atoms with Crippen molar-refractivity contribution in [1.29, 1.82) is 5.26 Å². The standard InChI is InChI=1S/C23H24N2O3/c1-28-17-11-9-15(10-12-17)18-7-2-3-8-19(18)22-20(13-24)25(21(22)14-26)23(27)16-5-4-6-16/h2-3,7-12,16,20-22,26H,4-6,14H2,1H3/t20-,21+,22+/m0/s1. The Labute approximate surface area is 165 Å². The molecule has 1 amide bonds. The maximum atomic E-state index is 12.8. The molecule has 0 aromatic heterocycles. The highest BCUT2D eigenvalue weighted by Crippen LogP contribution is 2.46. The Balaban J connectivity index is 1.68. The number of amides is 1. The number of carbonyl (C=O) groups is 1. The molecule has 3 atom stereocenters. The molecular weight excluding hydrogens is 352 g/mol. The van der Waals surface area contributed by atoms with Gasteiger partial charge in [-0.05, 0) is 41.7 Å². The Bertz CT molecular complexity index is 899. The highest BCUT2D eigenvalue weighted by molar-refractivity contribution is 5.83. The van der Waals surface area contributed by atoms with Crippen LogP contribution in [0.2, 0.25) is 0 Å². The SMILES string of the molecule is COc1ccc(-c2ccccc2[C@H]2[C@@H](CO)N(C(=O)C3CCC3)[C@H]2C#N)cc1. The minimum absolute atomic E-state index is 0.0164. The van der Waals surface area contributed by atoms with Gasteiger partial charge in [0.1, 0.15) is 11.8 Å². The normalized spacial score (nSPS) is 24.0. The number of nitriles is 1. The van der Waals surface area contributed by atoms with E-state index in [1.807, 2.05) is 48.5 Å². The topological polar surface area (TPSA) is 73.6 Å². The molecule has 2 aromatic rings. The fraction of sp³-hybridized carbons (Fsp3) is 0.391. The molecule has 5 heteroatoms. The first-order chi connectivity index (χ1) is 13.7. The van der Waals surface area contributed by atoms with Gasteiger partial charge in [-0.3, -0.25) is 4.79 Å². The van der Waals surface area contributed by atoms with E-state index in [4.69, 9.17) is 4.74 Å². The Kier molecular flexibility index (Phi) is 5.06. The second kappa shape index (κ2) is 7.65. The number of hydrogen-bond donors (Lipinski definition) is 1. The van der Waals surface area contributed by atoms with Crippen molar-refractivity contribution in [3.05, 3.63) is 54.1 Å². The van der Waals surface area contributed by atoms with Crippen LogP contribution in [-0.2, 0) is 4.79 Å². The number of carbonyl (C=O) groups excluding carboxylic acids is 1. The van der Waals surface area contributed by atoms with Crippen LogP contribution in [0.4, 0.5) is 0 Å². The van der Waals surface area contributed by atoms with Crippen molar-refractivity contribution >= 4 is 5.91 Å². The van der Waals surface area contributed by atoms with Gasteiger partial charge >= 0.3 is 0 Å². The zero-order valence-electron chi connectivity index (χ0n) is 15.9. The van der Waals surface area contributed by atoms with Gasteiger partial charge in [-0.25, -0.2) is 0 Å². The summed E-state index contributed by atoms with van der Waals surface area (Å²) in [5.41, 5.74) is 3.04. The van der Waals surface area contributed by atoms with Crippen molar-refractivity contribution in [3.8, 4) is 22.9 Å². The second-order valence-corrected chi connectivity index (χ2v) is 7.54. The molecule has 144 valence electrons. The average molecular weight is 376 g/mol. The van der Waals surface area contributed by atoms with Crippen molar-refractivity contribution in [2.24, 2.45) is 5.92 Å². The van der Waals surface area contributed by atoms with Crippen LogP contribution in [0.15, 0.2) is 48.5 Å². The summed E-state index contributed by atoms with van der Waals surface area (Å²) >= 11 is 0. The first kappa shape index (κ1) is 18.5. The summed E-state index contributed by atoms with van der Waals surface area (Å²) in [5, 5.41) is 19.8. The van der Waals surface area contributed by atoms with Gasteiger partial charge in [-0.1, -0.05) is 42.8 Å². The van der Waals surface area contributed by atoms with Crippen LogP contribution in [-0.4, -0.2) is 41.7 Å². The molecule has 5 nitrogen and oxygen atoms in total. The Morgan fingerprint density at radius 2 is 1.93 bits per heavy atom. The van der Waals surface area contributed by atoms with Crippen LogP contribution in [0, 0.1) is 17.2 Å². The monoisotopic (exact) mass is 376 g/mol. The van der Waals surface area contributed by atoms with Crippen molar-refractivity contribution in [2.45, 2.75) is 37.3 Å². The summed E-state index contributed by atoms with van der Waals surface area (Å²) in [7, 11) is 1.63. The Morgan fingerprint density at radius 1 is 1.21 bits per heavy atom. The van der Waals surface area contributed by atoms with Crippen LogP contribution >= 0.6 is 0 Å². The van der Waals surface area contributed by atoms with Crippen molar-refractivity contribution < 1.29 is 14.6 Å². The molecule has 28 heavy (non-hydrogen) atoms. The summed E-state index contributed by atoms with van der Waals surface area (Å²) in [5.74, 6) is 0.625. The highest BCUT2D eigenvalue weighted by Gasteiger charge is 2.53. The summed E-state index contributed by atoms with van der Waals surface area (Å²) in [6.45, 7) is -0.141. The smallest absolute Gasteiger partial charge is 0.227 e.